The third kappa shape index (κ3) is 4.35. The Kier molecular flexibility index (Phi) is 4.53. The van der Waals surface area contributed by atoms with Crippen LogP contribution < -0.4 is 5.32 Å². The zero-order valence-electron chi connectivity index (χ0n) is 10.3. The van der Waals surface area contributed by atoms with Gasteiger partial charge in [-0.15, -0.1) is 0 Å². The van der Waals surface area contributed by atoms with E-state index in [0.29, 0.717) is 26.1 Å². The van der Waals surface area contributed by atoms with Gasteiger partial charge in [-0.3, -0.25) is 4.39 Å². The van der Waals surface area contributed by atoms with Crippen LogP contribution in [-0.4, -0.2) is 48.9 Å². The van der Waals surface area contributed by atoms with Crippen LogP contribution in [0, 0.1) is 0 Å². The molecule has 0 aromatic heterocycles. The number of ether oxygens (including phenoxy) is 1. The molecule has 1 atom stereocenters. The van der Waals surface area contributed by atoms with Gasteiger partial charge in [0.05, 0.1) is 6.67 Å². The van der Waals surface area contributed by atoms with E-state index in [-0.39, 0.29) is 18.8 Å². The molecule has 0 aromatic rings. The third-order valence-electron chi connectivity index (χ3n) is 2.36. The molecule has 0 bridgehead atoms. The predicted octanol–water partition coefficient (Wildman–Crippen LogP) is 1.55. The van der Waals surface area contributed by atoms with E-state index in [0.717, 1.165) is 0 Å². The molecule has 5 heteroatoms. The van der Waals surface area contributed by atoms with Crippen molar-refractivity contribution in [3.05, 3.63) is 0 Å². The number of nitrogens with one attached hydrogen (secondary N) is 1. The standard InChI is InChI=1S/C11H21FN2O2/c1-11(2,3)16-10(15)14-7-6-13-9(8-14)4-5-12/h9,13H,4-8H2,1-3H3. The molecule has 1 heterocycles. The van der Waals surface area contributed by atoms with Crippen molar-refractivity contribution in [2.24, 2.45) is 0 Å². The molecule has 0 spiro atoms. The Bertz CT molecular complexity index is 239. The van der Waals surface area contributed by atoms with Crippen molar-refractivity contribution in [2.45, 2.75) is 38.8 Å². The first kappa shape index (κ1) is 13.2. The summed E-state index contributed by atoms with van der Waals surface area (Å²) in [5.74, 6) is 0. The number of carbonyl (C=O) groups is 1. The topological polar surface area (TPSA) is 41.6 Å². The number of halogens is 1. The lowest BCUT2D eigenvalue weighted by atomic mass is 10.1. The molecule has 1 aliphatic heterocycles. The zero-order valence-corrected chi connectivity index (χ0v) is 10.3. The Morgan fingerprint density at radius 1 is 1.56 bits per heavy atom. The van der Waals surface area contributed by atoms with Crippen LogP contribution in [-0.2, 0) is 4.74 Å². The van der Waals surface area contributed by atoms with E-state index in [1.807, 2.05) is 20.8 Å². The van der Waals surface area contributed by atoms with Crippen LogP contribution in [0.2, 0.25) is 0 Å². The van der Waals surface area contributed by atoms with Crippen molar-refractivity contribution in [3.8, 4) is 0 Å². The smallest absolute Gasteiger partial charge is 0.410 e. The van der Waals surface area contributed by atoms with Gasteiger partial charge in [0.1, 0.15) is 5.60 Å². The van der Waals surface area contributed by atoms with Crippen LogP contribution in [0.15, 0.2) is 0 Å². The van der Waals surface area contributed by atoms with Crippen LogP contribution in [0.3, 0.4) is 0 Å². The van der Waals surface area contributed by atoms with E-state index >= 15 is 0 Å². The van der Waals surface area contributed by atoms with Crippen LogP contribution in [0.5, 0.6) is 0 Å². The summed E-state index contributed by atoms with van der Waals surface area (Å²) in [6.45, 7) is 7.00. The highest BCUT2D eigenvalue weighted by atomic mass is 19.1. The molecule has 1 unspecified atom stereocenters. The van der Waals surface area contributed by atoms with Crippen LogP contribution in [0.4, 0.5) is 9.18 Å². The minimum atomic E-state index is -0.475. The number of piperazine rings is 1. The highest BCUT2D eigenvalue weighted by molar-refractivity contribution is 5.68. The maximum Gasteiger partial charge on any atom is 0.410 e. The van der Waals surface area contributed by atoms with E-state index in [2.05, 4.69) is 5.32 Å². The van der Waals surface area contributed by atoms with Crippen molar-refractivity contribution >= 4 is 6.09 Å². The fourth-order valence-electron chi connectivity index (χ4n) is 1.64. The van der Waals surface area contributed by atoms with Gasteiger partial charge >= 0.3 is 6.09 Å². The average Bonchev–Trinajstić information content (AvgIpc) is 2.16. The van der Waals surface area contributed by atoms with Gasteiger partial charge in [-0.2, -0.15) is 0 Å². The number of alkyl halides is 1. The van der Waals surface area contributed by atoms with Crippen LogP contribution in [0.1, 0.15) is 27.2 Å². The molecule has 1 N–H and O–H groups in total. The van der Waals surface area contributed by atoms with Gasteiger partial charge in [-0.05, 0) is 27.2 Å². The van der Waals surface area contributed by atoms with Gasteiger partial charge in [0.2, 0.25) is 0 Å². The normalized spacial score (nSPS) is 22.0. The summed E-state index contributed by atoms with van der Waals surface area (Å²) in [7, 11) is 0. The van der Waals surface area contributed by atoms with Crippen molar-refractivity contribution in [3.63, 3.8) is 0 Å². The van der Waals surface area contributed by atoms with Crippen molar-refractivity contribution in [1.82, 2.24) is 10.2 Å². The highest BCUT2D eigenvalue weighted by Crippen LogP contribution is 2.12. The SMILES string of the molecule is CC(C)(C)OC(=O)N1CCNC(CCF)C1. The molecule has 16 heavy (non-hydrogen) atoms. The minimum absolute atomic E-state index is 0.0475. The van der Waals surface area contributed by atoms with E-state index in [9.17, 15) is 9.18 Å². The first-order chi connectivity index (χ1) is 7.42. The first-order valence-corrected chi connectivity index (χ1v) is 5.69. The lowest BCUT2D eigenvalue weighted by Crippen LogP contribution is -2.53. The molecule has 0 aromatic carbocycles. The lowest BCUT2D eigenvalue weighted by Gasteiger charge is -2.34. The van der Waals surface area contributed by atoms with Crippen molar-refractivity contribution in [1.29, 1.82) is 0 Å². The monoisotopic (exact) mass is 232 g/mol. The van der Waals surface area contributed by atoms with E-state index in [1.165, 1.54) is 0 Å². The summed E-state index contributed by atoms with van der Waals surface area (Å²) < 4.78 is 17.5. The van der Waals surface area contributed by atoms with E-state index < -0.39 is 5.60 Å². The van der Waals surface area contributed by atoms with E-state index in [4.69, 9.17) is 4.74 Å². The molecule has 4 nitrogen and oxygen atoms in total. The highest BCUT2D eigenvalue weighted by Gasteiger charge is 2.26. The van der Waals surface area contributed by atoms with Gasteiger partial charge in [0, 0.05) is 25.7 Å². The van der Waals surface area contributed by atoms with E-state index in [1.54, 1.807) is 4.90 Å². The van der Waals surface area contributed by atoms with Crippen molar-refractivity contribution < 1.29 is 13.9 Å². The van der Waals surface area contributed by atoms with Gasteiger partial charge in [0.15, 0.2) is 0 Å². The van der Waals surface area contributed by atoms with Crippen molar-refractivity contribution in [2.75, 3.05) is 26.3 Å². The molecule has 1 aliphatic rings. The van der Waals surface area contributed by atoms with Gasteiger partial charge in [-0.1, -0.05) is 0 Å². The Morgan fingerprint density at radius 3 is 2.81 bits per heavy atom. The molecular formula is C11H21FN2O2. The summed E-state index contributed by atoms with van der Waals surface area (Å²) in [4.78, 5) is 13.4. The molecular weight excluding hydrogens is 211 g/mol. The first-order valence-electron chi connectivity index (χ1n) is 5.69. The Labute approximate surface area is 96.1 Å². The van der Waals surface area contributed by atoms with Gasteiger partial charge in [0.25, 0.3) is 0 Å². The van der Waals surface area contributed by atoms with Crippen LogP contribution in [0.25, 0.3) is 0 Å². The summed E-state index contributed by atoms with van der Waals surface area (Å²) in [5, 5.41) is 3.18. The summed E-state index contributed by atoms with van der Waals surface area (Å²) in [5.41, 5.74) is -0.475. The molecule has 0 aliphatic carbocycles. The molecule has 1 rings (SSSR count). The summed E-state index contributed by atoms with van der Waals surface area (Å²) >= 11 is 0. The summed E-state index contributed by atoms with van der Waals surface area (Å²) in [6.07, 6.45) is 0.136. The summed E-state index contributed by atoms with van der Waals surface area (Å²) in [6, 6.07) is 0.0475. The van der Waals surface area contributed by atoms with Crippen LogP contribution >= 0.6 is 0 Å². The lowest BCUT2D eigenvalue weighted by molar-refractivity contribution is 0.0190. The minimum Gasteiger partial charge on any atom is -0.444 e. The number of rotatable bonds is 2. The maximum atomic E-state index is 12.2. The predicted molar refractivity (Wildman–Crippen MR) is 60.2 cm³/mol. The van der Waals surface area contributed by atoms with Gasteiger partial charge < -0.3 is 15.0 Å². The number of hydrogen-bond acceptors (Lipinski definition) is 3. The second-order valence-corrected chi connectivity index (χ2v) is 5.06. The average molecular weight is 232 g/mol. The molecule has 0 radical (unpaired) electrons. The quantitative estimate of drug-likeness (QED) is 0.785. The Hall–Kier alpha value is -0.840. The Balaban J connectivity index is 2.44. The molecule has 0 saturated carbocycles. The fourth-order valence-corrected chi connectivity index (χ4v) is 1.64. The largest absolute Gasteiger partial charge is 0.444 e. The number of carbonyl (C=O) groups excluding carboxylic acids is 1. The molecule has 1 amide bonds. The molecule has 94 valence electrons. The number of hydrogen-bond donors (Lipinski definition) is 1. The zero-order chi connectivity index (χ0) is 12.2. The second kappa shape index (κ2) is 5.48. The number of amides is 1. The molecule has 1 fully saturated rings. The van der Waals surface area contributed by atoms with Gasteiger partial charge in [-0.25, -0.2) is 4.79 Å². The second-order valence-electron chi connectivity index (χ2n) is 5.06. The fraction of sp³-hybridized carbons (Fsp3) is 0.909. The molecule has 1 saturated heterocycles. The third-order valence-corrected chi connectivity index (χ3v) is 2.36. The number of nitrogens with zero attached hydrogens (tertiary/aromatic N) is 1. The maximum absolute atomic E-state index is 12.2. The Morgan fingerprint density at radius 2 is 2.25 bits per heavy atom.